The zero-order chi connectivity index (χ0) is 20.1. The van der Waals surface area contributed by atoms with Gasteiger partial charge >= 0.3 is 0 Å². The monoisotopic (exact) mass is 400 g/mol. The summed E-state index contributed by atoms with van der Waals surface area (Å²) in [6, 6.07) is 18.0. The maximum atomic E-state index is 12.6. The van der Waals surface area contributed by atoms with Gasteiger partial charge < -0.3 is 4.90 Å². The number of carbonyl (C=O) groups is 1. The van der Waals surface area contributed by atoms with Gasteiger partial charge in [-0.25, -0.2) is 13.1 Å². The number of amides is 1. The van der Waals surface area contributed by atoms with E-state index in [0.29, 0.717) is 25.8 Å². The molecule has 3 rings (SSSR count). The van der Waals surface area contributed by atoms with Crippen molar-refractivity contribution in [3.8, 4) is 11.1 Å². The summed E-state index contributed by atoms with van der Waals surface area (Å²) in [6.45, 7) is 2.58. The van der Waals surface area contributed by atoms with Crippen LogP contribution in [-0.2, 0) is 21.2 Å². The van der Waals surface area contributed by atoms with Crippen molar-refractivity contribution in [3.05, 3.63) is 60.2 Å². The molecule has 6 heteroatoms. The molecule has 2 atom stereocenters. The minimum absolute atomic E-state index is 0.101. The molecule has 1 aliphatic rings. The molecule has 0 spiro atoms. The van der Waals surface area contributed by atoms with Crippen LogP contribution in [0, 0.1) is 0 Å². The number of benzene rings is 2. The van der Waals surface area contributed by atoms with E-state index in [2.05, 4.69) is 29.0 Å². The second-order valence-electron chi connectivity index (χ2n) is 7.46. The van der Waals surface area contributed by atoms with Crippen LogP contribution >= 0.6 is 0 Å². The Kier molecular flexibility index (Phi) is 6.52. The summed E-state index contributed by atoms with van der Waals surface area (Å²) in [6.07, 6.45) is 3.73. The van der Waals surface area contributed by atoms with Crippen molar-refractivity contribution in [3.63, 3.8) is 0 Å². The van der Waals surface area contributed by atoms with Gasteiger partial charge in [-0.05, 0) is 36.0 Å². The Morgan fingerprint density at radius 3 is 2.50 bits per heavy atom. The smallest absolute Gasteiger partial charge is 0.222 e. The summed E-state index contributed by atoms with van der Waals surface area (Å²) in [5, 5.41) is 0. The topological polar surface area (TPSA) is 66.5 Å². The first-order valence-electron chi connectivity index (χ1n) is 9.78. The van der Waals surface area contributed by atoms with Crippen LogP contribution in [0.1, 0.15) is 31.7 Å². The first-order valence-corrected chi connectivity index (χ1v) is 11.7. The predicted molar refractivity (Wildman–Crippen MR) is 112 cm³/mol. The van der Waals surface area contributed by atoms with Gasteiger partial charge in [0.2, 0.25) is 15.9 Å². The Bertz CT molecular complexity index is 912. The molecule has 2 aromatic rings. The molecule has 0 aliphatic carbocycles. The summed E-state index contributed by atoms with van der Waals surface area (Å²) >= 11 is 0. The number of nitrogens with zero attached hydrogens (tertiary/aromatic N) is 1. The van der Waals surface area contributed by atoms with E-state index in [1.807, 2.05) is 42.2 Å². The fourth-order valence-electron chi connectivity index (χ4n) is 3.94. The van der Waals surface area contributed by atoms with Crippen molar-refractivity contribution in [2.75, 3.05) is 12.8 Å². The fourth-order valence-corrected chi connectivity index (χ4v) is 4.76. The third-order valence-corrected chi connectivity index (χ3v) is 5.91. The second-order valence-corrected chi connectivity index (χ2v) is 9.24. The number of sulfonamides is 1. The first kappa shape index (κ1) is 20.6. The number of nitrogens with one attached hydrogen (secondary N) is 1. The summed E-state index contributed by atoms with van der Waals surface area (Å²) in [4.78, 5) is 14.5. The van der Waals surface area contributed by atoms with Crippen LogP contribution < -0.4 is 4.72 Å². The standard InChI is InChI=1S/C22H28N2O3S/c1-3-8-22(25)24-14-13-20(23-28(2,26)27)21(24)16-17-9-7-12-19(15-17)18-10-5-4-6-11-18/h4-7,9-12,15,20-21,23H,3,8,13-14,16H2,1-2H3. The largest absolute Gasteiger partial charge is 0.338 e. The molecule has 1 saturated heterocycles. The zero-order valence-corrected chi connectivity index (χ0v) is 17.3. The Labute approximate surface area is 167 Å². The molecule has 1 aliphatic heterocycles. The highest BCUT2D eigenvalue weighted by Crippen LogP contribution is 2.26. The highest BCUT2D eigenvalue weighted by Gasteiger charge is 2.37. The zero-order valence-electron chi connectivity index (χ0n) is 16.5. The average molecular weight is 401 g/mol. The average Bonchev–Trinajstić information content (AvgIpc) is 3.03. The van der Waals surface area contributed by atoms with Gasteiger partial charge in [0.05, 0.1) is 12.3 Å². The van der Waals surface area contributed by atoms with Crippen LogP contribution in [0.4, 0.5) is 0 Å². The Balaban J connectivity index is 1.85. The number of likely N-dealkylation sites (tertiary alicyclic amines) is 1. The summed E-state index contributed by atoms with van der Waals surface area (Å²) < 4.78 is 26.4. The molecule has 2 unspecified atom stereocenters. The van der Waals surface area contributed by atoms with Crippen LogP contribution in [0.2, 0.25) is 0 Å². The lowest BCUT2D eigenvalue weighted by Gasteiger charge is -2.29. The van der Waals surface area contributed by atoms with Gasteiger partial charge in [0.25, 0.3) is 0 Å². The van der Waals surface area contributed by atoms with E-state index in [1.54, 1.807) is 0 Å². The third kappa shape index (κ3) is 5.20. The summed E-state index contributed by atoms with van der Waals surface area (Å²) in [7, 11) is -3.33. The normalized spacial score (nSPS) is 19.7. The van der Waals surface area contributed by atoms with Gasteiger partial charge in [0.1, 0.15) is 0 Å². The van der Waals surface area contributed by atoms with Gasteiger partial charge in [-0.1, -0.05) is 61.5 Å². The van der Waals surface area contributed by atoms with Crippen LogP contribution in [-0.4, -0.2) is 44.1 Å². The van der Waals surface area contributed by atoms with Crippen LogP contribution in [0.3, 0.4) is 0 Å². The van der Waals surface area contributed by atoms with E-state index < -0.39 is 10.0 Å². The molecular weight excluding hydrogens is 372 g/mol. The molecule has 0 radical (unpaired) electrons. The Morgan fingerprint density at radius 2 is 1.82 bits per heavy atom. The predicted octanol–water partition coefficient (Wildman–Crippen LogP) is 3.21. The molecule has 2 aromatic carbocycles. The van der Waals surface area contributed by atoms with E-state index in [4.69, 9.17) is 0 Å². The maximum absolute atomic E-state index is 12.6. The highest BCUT2D eigenvalue weighted by atomic mass is 32.2. The molecule has 1 heterocycles. The quantitative estimate of drug-likeness (QED) is 0.776. The van der Waals surface area contributed by atoms with Crippen LogP contribution in [0.5, 0.6) is 0 Å². The van der Waals surface area contributed by atoms with Crippen LogP contribution in [0.15, 0.2) is 54.6 Å². The van der Waals surface area contributed by atoms with Gasteiger partial charge in [-0.3, -0.25) is 4.79 Å². The summed E-state index contributed by atoms with van der Waals surface area (Å²) in [5.41, 5.74) is 3.36. The molecule has 0 bridgehead atoms. The number of carbonyl (C=O) groups excluding carboxylic acids is 1. The van der Waals surface area contributed by atoms with E-state index in [9.17, 15) is 13.2 Å². The van der Waals surface area contributed by atoms with Crippen molar-refractivity contribution in [2.45, 2.75) is 44.7 Å². The van der Waals surface area contributed by atoms with Crippen molar-refractivity contribution < 1.29 is 13.2 Å². The first-order chi connectivity index (χ1) is 13.4. The van der Waals surface area contributed by atoms with E-state index in [1.165, 1.54) is 6.26 Å². The van der Waals surface area contributed by atoms with Crippen molar-refractivity contribution in [1.29, 1.82) is 0 Å². The van der Waals surface area contributed by atoms with Crippen molar-refractivity contribution in [2.24, 2.45) is 0 Å². The lowest BCUT2D eigenvalue weighted by molar-refractivity contribution is -0.132. The maximum Gasteiger partial charge on any atom is 0.222 e. The van der Waals surface area contributed by atoms with E-state index in [-0.39, 0.29) is 18.0 Å². The van der Waals surface area contributed by atoms with Gasteiger partial charge in [-0.2, -0.15) is 0 Å². The molecule has 28 heavy (non-hydrogen) atoms. The number of hydrogen-bond acceptors (Lipinski definition) is 3. The molecular formula is C22H28N2O3S. The van der Waals surface area contributed by atoms with Crippen LogP contribution in [0.25, 0.3) is 11.1 Å². The second kappa shape index (κ2) is 8.88. The molecule has 150 valence electrons. The SMILES string of the molecule is CCCC(=O)N1CCC(NS(C)(=O)=O)C1Cc1cccc(-c2ccccc2)c1. The van der Waals surface area contributed by atoms with E-state index in [0.717, 1.165) is 23.1 Å². The van der Waals surface area contributed by atoms with Gasteiger partial charge in [0.15, 0.2) is 0 Å². The van der Waals surface area contributed by atoms with Gasteiger partial charge in [-0.15, -0.1) is 0 Å². The third-order valence-electron chi connectivity index (χ3n) is 5.17. The van der Waals surface area contributed by atoms with Crippen molar-refractivity contribution >= 4 is 15.9 Å². The lowest BCUT2D eigenvalue weighted by atomic mass is 9.97. The Morgan fingerprint density at radius 1 is 1.11 bits per heavy atom. The Hall–Kier alpha value is -2.18. The summed E-state index contributed by atoms with van der Waals surface area (Å²) in [5.74, 6) is 0.101. The molecule has 5 nitrogen and oxygen atoms in total. The minimum Gasteiger partial charge on any atom is -0.338 e. The molecule has 1 amide bonds. The minimum atomic E-state index is -3.33. The van der Waals surface area contributed by atoms with Crippen molar-refractivity contribution in [1.82, 2.24) is 9.62 Å². The van der Waals surface area contributed by atoms with Gasteiger partial charge in [0, 0.05) is 19.0 Å². The molecule has 1 fully saturated rings. The lowest BCUT2D eigenvalue weighted by Crippen LogP contribution is -2.47. The highest BCUT2D eigenvalue weighted by molar-refractivity contribution is 7.88. The fraction of sp³-hybridized carbons (Fsp3) is 0.409. The molecule has 0 saturated carbocycles. The number of hydrogen-bond donors (Lipinski definition) is 1. The molecule has 1 N–H and O–H groups in total. The molecule has 0 aromatic heterocycles. The van der Waals surface area contributed by atoms with E-state index >= 15 is 0 Å². The number of rotatable bonds is 7.